The minimum Gasteiger partial charge on any atom is -0.462 e. The molecule has 26 heavy (non-hydrogen) atoms. The van der Waals surface area contributed by atoms with Gasteiger partial charge in [0.1, 0.15) is 4.33 Å². The normalized spacial score (nSPS) is 17.4. The highest BCUT2D eigenvalue weighted by molar-refractivity contribution is 6.50. The molecule has 1 atom stereocenters. The number of rotatable bonds is 6. The van der Waals surface area contributed by atoms with Crippen molar-refractivity contribution in [2.24, 2.45) is 5.92 Å². The van der Waals surface area contributed by atoms with E-state index in [9.17, 15) is 9.59 Å². The van der Waals surface area contributed by atoms with Gasteiger partial charge in [0.2, 0.25) is 0 Å². The Labute approximate surface area is 162 Å². The lowest BCUT2D eigenvalue weighted by Gasteiger charge is -2.19. The average molecular weight is 392 g/mol. The first-order chi connectivity index (χ1) is 12.4. The molecule has 0 aliphatic heterocycles. The molecule has 1 saturated carbocycles. The maximum absolute atomic E-state index is 12.8. The average Bonchev–Trinajstić information content (AvgIpc) is 3.26. The van der Waals surface area contributed by atoms with Gasteiger partial charge in [-0.3, -0.25) is 4.79 Å². The predicted molar refractivity (Wildman–Crippen MR) is 102 cm³/mol. The van der Waals surface area contributed by atoms with Crippen molar-refractivity contribution >= 4 is 35.1 Å². The minimum absolute atomic E-state index is 0.0570. The molecule has 136 valence electrons. The number of halogens is 2. The highest BCUT2D eigenvalue weighted by atomic mass is 35.5. The molecule has 1 amide bonds. The van der Waals surface area contributed by atoms with E-state index in [2.05, 4.69) is 0 Å². The van der Waals surface area contributed by atoms with Gasteiger partial charge in [0.05, 0.1) is 17.7 Å². The van der Waals surface area contributed by atoms with E-state index in [1.54, 1.807) is 36.2 Å². The monoisotopic (exact) mass is 391 g/mol. The summed E-state index contributed by atoms with van der Waals surface area (Å²) in [5.74, 6) is -0.839. The molecule has 0 unspecified atom stereocenters. The quantitative estimate of drug-likeness (QED) is 0.544. The van der Waals surface area contributed by atoms with E-state index in [0.717, 1.165) is 5.56 Å². The van der Waals surface area contributed by atoms with Crippen LogP contribution in [-0.4, -0.2) is 34.8 Å². The SMILES string of the molecule is CN(Cc1ccccc1)C(=O)c1ccccc1C(=O)OC[C@H]1CC1(Cl)Cl. The van der Waals surface area contributed by atoms with Gasteiger partial charge in [-0.25, -0.2) is 4.79 Å². The number of carbonyl (C=O) groups excluding carboxylic acids is 2. The molecule has 4 nitrogen and oxygen atoms in total. The molecule has 0 radical (unpaired) electrons. The van der Waals surface area contributed by atoms with Crippen LogP contribution in [0.2, 0.25) is 0 Å². The van der Waals surface area contributed by atoms with Crippen LogP contribution in [0.1, 0.15) is 32.7 Å². The number of hydrogen-bond acceptors (Lipinski definition) is 3. The summed E-state index contributed by atoms with van der Waals surface area (Å²) in [7, 11) is 1.71. The molecular formula is C20H19Cl2NO3. The summed E-state index contributed by atoms with van der Waals surface area (Å²) in [6.07, 6.45) is 0.601. The van der Waals surface area contributed by atoms with Gasteiger partial charge >= 0.3 is 5.97 Å². The van der Waals surface area contributed by atoms with Gasteiger partial charge in [0.15, 0.2) is 0 Å². The van der Waals surface area contributed by atoms with Crippen molar-refractivity contribution in [2.75, 3.05) is 13.7 Å². The zero-order chi connectivity index (χ0) is 18.7. The van der Waals surface area contributed by atoms with E-state index in [-0.39, 0.29) is 24.0 Å². The van der Waals surface area contributed by atoms with Gasteiger partial charge in [-0.15, -0.1) is 23.2 Å². The standard InChI is InChI=1S/C20H19Cl2NO3/c1-23(12-14-7-3-2-4-8-14)18(24)16-9-5-6-10-17(16)19(25)26-13-15-11-20(15,21)22/h2-10,15H,11-13H2,1H3/t15-/m1/s1. The summed E-state index contributed by atoms with van der Waals surface area (Å²) < 4.78 is 4.50. The van der Waals surface area contributed by atoms with Crippen LogP contribution in [0.4, 0.5) is 0 Å². The van der Waals surface area contributed by atoms with Crippen molar-refractivity contribution in [3.8, 4) is 0 Å². The first kappa shape index (κ1) is 18.7. The number of amides is 1. The molecule has 1 fully saturated rings. The summed E-state index contributed by atoms with van der Waals surface area (Å²) in [6, 6.07) is 16.3. The second kappa shape index (κ2) is 7.68. The van der Waals surface area contributed by atoms with Crippen LogP contribution < -0.4 is 0 Å². The predicted octanol–water partition coefficient (Wildman–Crippen LogP) is 4.31. The Morgan fingerprint density at radius 3 is 2.27 bits per heavy atom. The molecule has 0 spiro atoms. The van der Waals surface area contributed by atoms with Gasteiger partial charge in [0, 0.05) is 19.5 Å². The molecule has 0 bridgehead atoms. The highest BCUT2D eigenvalue weighted by Gasteiger charge is 2.52. The molecular weight excluding hydrogens is 373 g/mol. The Morgan fingerprint density at radius 1 is 1.08 bits per heavy atom. The molecule has 0 saturated heterocycles. The summed E-state index contributed by atoms with van der Waals surface area (Å²) >= 11 is 11.9. The number of hydrogen-bond donors (Lipinski definition) is 0. The van der Waals surface area contributed by atoms with Crippen LogP contribution in [0.5, 0.6) is 0 Å². The largest absolute Gasteiger partial charge is 0.462 e. The molecule has 2 aromatic carbocycles. The lowest BCUT2D eigenvalue weighted by atomic mass is 10.1. The number of esters is 1. The minimum atomic E-state index is -0.800. The molecule has 0 N–H and O–H groups in total. The van der Waals surface area contributed by atoms with Gasteiger partial charge in [-0.1, -0.05) is 42.5 Å². The van der Waals surface area contributed by atoms with E-state index in [0.29, 0.717) is 18.5 Å². The van der Waals surface area contributed by atoms with E-state index in [4.69, 9.17) is 27.9 Å². The fraction of sp³-hybridized carbons (Fsp3) is 0.300. The molecule has 6 heteroatoms. The van der Waals surface area contributed by atoms with Gasteiger partial charge < -0.3 is 9.64 Å². The molecule has 1 aliphatic rings. The second-order valence-electron chi connectivity index (χ2n) is 6.45. The Bertz CT molecular complexity index is 808. The molecule has 2 aromatic rings. The van der Waals surface area contributed by atoms with Gasteiger partial charge in [-0.05, 0) is 24.1 Å². The lowest BCUT2D eigenvalue weighted by molar-refractivity contribution is 0.0479. The van der Waals surface area contributed by atoms with Gasteiger partial charge in [0.25, 0.3) is 5.91 Å². The first-order valence-electron chi connectivity index (χ1n) is 8.32. The molecule has 0 heterocycles. The zero-order valence-corrected chi connectivity index (χ0v) is 15.8. The third kappa shape index (κ3) is 4.37. The second-order valence-corrected chi connectivity index (χ2v) is 8.00. The van der Waals surface area contributed by atoms with Crippen LogP contribution >= 0.6 is 23.2 Å². The number of ether oxygens (including phenoxy) is 1. The number of nitrogens with zero attached hydrogens (tertiary/aromatic N) is 1. The first-order valence-corrected chi connectivity index (χ1v) is 9.07. The summed E-state index contributed by atoms with van der Waals surface area (Å²) in [4.78, 5) is 26.8. The lowest BCUT2D eigenvalue weighted by Crippen LogP contribution is -2.28. The Kier molecular flexibility index (Phi) is 5.54. The maximum Gasteiger partial charge on any atom is 0.338 e. The van der Waals surface area contributed by atoms with Crippen molar-refractivity contribution in [3.05, 3.63) is 71.3 Å². The smallest absolute Gasteiger partial charge is 0.338 e. The van der Waals surface area contributed by atoms with Crippen LogP contribution in [0.3, 0.4) is 0 Å². The fourth-order valence-corrected chi connectivity index (χ4v) is 3.19. The Balaban J connectivity index is 1.69. The van der Waals surface area contributed by atoms with Crippen molar-refractivity contribution in [2.45, 2.75) is 17.3 Å². The zero-order valence-electron chi connectivity index (χ0n) is 14.3. The molecule has 0 aromatic heterocycles. The van der Waals surface area contributed by atoms with Crippen LogP contribution in [0, 0.1) is 5.92 Å². The molecule has 1 aliphatic carbocycles. The van der Waals surface area contributed by atoms with Crippen LogP contribution in [0.15, 0.2) is 54.6 Å². The fourth-order valence-electron chi connectivity index (χ4n) is 2.69. The summed E-state index contributed by atoms with van der Waals surface area (Å²) in [5, 5.41) is 0. The van der Waals surface area contributed by atoms with E-state index < -0.39 is 10.3 Å². The van der Waals surface area contributed by atoms with E-state index in [1.807, 2.05) is 30.3 Å². The molecule has 3 rings (SSSR count). The Morgan fingerprint density at radius 2 is 1.65 bits per heavy atom. The van der Waals surface area contributed by atoms with E-state index >= 15 is 0 Å². The van der Waals surface area contributed by atoms with Crippen molar-refractivity contribution in [1.82, 2.24) is 4.90 Å². The van der Waals surface area contributed by atoms with Crippen molar-refractivity contribution < 1.29 is 14.3 Å². The number of carbonyl (C=O) groups is 2. The number of benzene rings is 2. The third-order valence-corrected chi connectivity index (χ3v) is 5.28. The summed E-state index contributed by atoms with van der Waals surface area (Å²) in [6.45, 7) is 0.598. The Hall–Kier alpha value is -2.04. The number of alkyl halides is 2. The topological polar surface area (TPSA) is 46.6 Å². The highest BCUT2D eigenvalue weighted by Crippen LogP contribution is 2.53. The van der Waals surface area contributed by atoms with E-state index in [1.165, 1.54) is 0 Å². The van der Waals surface area contributed by atoms with Gasteiger partial charge in [-0.2, -0.15) is 0 Å². The van der Waals surface area contributed by atoms with Crippen LogP contribution in [0.25, 0.3) is 0 Å². The maximum atomic E-state index is 12.8. The van der Waals surface area contributed by atoms with Crippen molar-refractivity contribution in [1.29, 1.82) is 0 Å². The van der Waals surface area contributed by atoms with Crippen molar-refractivity contribution in [3.63, 3.8) is 0 Å². The third-order valence-electron chi connectivity index (χ3n) is 4.36. The van der Waals surface area contributed by atoms with Crippen LogP contribution in [-0.2, 0) is 11.3 Å². The summed E-state index contributed by atoms with van der Waals surface area (Å²) in [5.41, 5.74) is 1.57.